The van der Waals surface area contributed by atoms with Crippen LogP contribution in [0.5, 0.6) is 0 Å². The predicted octanol–water partition coefficient (Wildman–Crippen LogP) is 0.775. The summed E-state index contributed by atoms with van der Waals surface area (Å²) in [6.45, 7) is 3.20. The number of rotatable bonds is 0. The smallest absolute Gasteiger partial charge is 0.0469 e. The molecule has 2 unspecified atom stereocenters. The number of hydrogen-bond acceptors (Lipinski definition) is 2. The van der Waals surface area contributed by atoms with Crippen LogP contribution in [0.2, 0.25) is 0 Å². The molecule has 0 radical (unpaired) electrons. The van der Waals surface area contributed by atoms with Gasteiger partial charge in [-0.3, -0.25) is 0 Å². The number of nitrogens with one attached hydrogen (secondary N) is 1. The topological polar surface area (TPSA) is 21.3 Å². The lowest BCUT2D eigenvalue weighted by Gasteiger charge is -2.39. The maximum atomic E-state index is 5.40. The lowest BCUT2D eigenvalue weighted by molar-refractivity contribution is 0.0635. The summed E-state index contributed by atoms with van der Waals surface area (Å²) in [7, 11) is 0. The van der Waals surface area contributed by atoms with Crippen LogP contribution in [0.1, 0.15) is 19.3 Å². The second kappa shape index (κ2) is 2.89. The van der Waals surface area contributed by atoms with Gasteiger partial charge in [-0.1, -0.05) is 0 Å². The molecular formula is C8H15NO. The van der Waals surface area contributed by atoms with Crippen LogP contribution in [-0.2, 0) is 4.74 Å². The van der Waals surface area contributed by atoms with Crippen molar-refractivity contribution < 1.29 is 4.74 Å². The van der Waals surface area contributed by atoms with E-state index in [2.05, 4.69) is 5.32 Å². The van der Waals surface area contributed by atoms with Gasteiger partial charge in [0.2, 0.25) is 0 Å². The zero-order valence-electron chi connectivity index (χ0n) is 6.31. The zero-order valence-corrected chi connectivity index (χ0v) is 6.31. The summed E-state index contributed by atoms with van der Waals surface area (Å²) in [6.07, 6.45) is 3.84. The van der Waals surface area contributed by atoms with Crippen LogP contribution >= 0.6 is 0 Å². The highest BCUT2D eigenvalue weighted by atomic mass is 16.5. The molecule has 0 aromatic heterocycles. The number of hydrogen-bond donors (Lipinski definition) is 1. The number of fused-ring (bicyclic) bond motifs is 1. The standard InChI is InChI=1S/C8H15NO/c1-2-8-7(6-9-8)3-5-10-4-1/h7-9H,1-6H2. The molecule has 2 atom stereocenters. The minimum absolute atomic E-state index is 0.837. The Bertz CT molecular complexity index is 102. The molecular weight excluding hydrogens is 126 g/mol. The second-order valence-electron chi connectivity index (χ2n) is 3.32. The summed E-state index contributed by atoms with van der Waals surface area (Å²) in [4.78, 5) is 0. The summed E-state index contributed by atoms with van der Waals surface area (Å²) in [5, 5.41) is 3.46. The third-order valence-corrected chi connectivity index (χ3v) is 2.65. The molecule has 0 spiro atoms. The zero-order chi connectivity index (χ0) is 6.81. The third kappa shape index (κ3) is 1.18. The molecule has 2 heteroatoms. The molecule has 2 heterocycles. The first-order chi connectivity index (χ1) is 4.97. The average Bonchev–Trinajstić information content (AvgIpc) is 1.89. The maximum absolute atomic E-state index is 5.40. The van der Waals surface area contributed by atoms with Crippen molar-refractivity contribution in [2.45, 2.75) is 25.3 Å². The van der Waals surface area contributed by atoms with E-state index in [0.29, 0.717) is 0 Å². The first-order valence-electron chi connectivity index (χ1n) is 4.28. The molecule has 0 amide bonds. The van der Waals surface area contributed by atoms with Crippen LogP contribution in [0.3, 0.4) is 0 Å². The SMILES string of the molecule is C1COCCC2CNC2C1. The van der Waals surface area contributed by atoms with Crippen molar-refractivity contribution in [2.75, 3.05) is 19.8 Å². The van der Waals surface area contributed by atoms with Gasteiger partial charge < -0.3 is 10.1 Å². The lowest BCUT2D eigenvalue weighted by atomic mass is 9.85. The Hall–Kier alpha value is -0.0800. The summed E-state index contributed by atoms with van der Waals surface area (Å²) in [5.41, 5.74) is 0. The van der Waals surface area contributed by atoms with Crippen molar-refractivity contribution in [3.05, 3.63) is 0 Å². The Labute approximate surface area is 61.9 Å². The monoisotopic (exact) mass is 141 g/mol. The molecule has 10 heavy (non-hydrogen) atoms. The fourth-order valence-electron chi connectivity index (χ4n) is 1.83. The van der Waals surface area contributed by atoms with Gasteiger partial charge in [0, 0.05) is 19.3 Å². The first kappa shape index (κ1) is 6.62. The van der Waals surface area contributed by atoms with Gasteiger partial charge >= 0.3 is 0 Å². The van der Waals surface area contributed by atoms with Gasteiger partial charge in [-0.2, -0.15) is 0 Å². The molecule has 0 saturated carbocycles. The summed E-state index contributed by atoms with van der Waals surface area (Å²) in [5.74, 6) is 0.931. The van der Waals surface area contributed by atoms with Crippen LogP contribution in [-0.4, -0.2) is 25.8 Å². The van der Waals surface area contributed by atoms with Crippen molar-refractivity contribution in [1.82, 2.24) is 5.32 Å². The molecule has 2 nitrogen and oxygen atoms in total. The van der Waals surface area contributed by atoms with E-state index in [1.165, 1.54) is 25.8 Å². The molecule has 0 aromatic carbocycles. The Kier molecular flexibility index (Phi) is 1.91. The van der Waals surface area contributed by atoms with Crippen molar-refractivity contribution in [3.8, 4) is 0 Å². The van der Waals surface area contributed by atoms with E-state index < -0.39 is 0 Å². The van der Waals surface area contributed by atoms with Gasteiger partial charge in [-0.05, 0) is 31.7 Å². The van der Waals surface area contributed by atoms with Crippen molar-refractivity contribution in [3.63, 3.8) is 0 Å². The average molecular weight is 141 g/mol. The van der Waals surface area contributed by atoms with Gasteiger partial charge in [0.15, 0.2) is 0 Å². The molecule has 2 aliphatic rings. The molecule has 2 aliphatic heterocycles. The highest BCUT2D eigenvalue weighted by molar-refractivity contribution is 4.88. The predicted molar refractivity (Wildman–Crippen MR) is 40.0 cm³/mol. The Morgan fingerprint density at radius 2 is 2.20 bits per heavy atom. The van der Waals surface area contributed by atoms with E-state index in [0.717, 1.165) is 25.2 Å². The van der Waals surface area contributed by atoms with Crippen molar-refractivity contribution >= 4 is 0 Å². The van der Waals surface area contributed by atoms with Crippen LogP contribution in [0.15, 0.2) is 0 Å². The van der Waals surface area contributed by atoms with E-state index in [1.54, 1.807) is 0 Å². The van der Waals surface area contributed by atoms with Gasteiger partial charge in [-0.15, -0.1) is 0 Å². The fourth-order valence-corrected chi connectivity index (χ4v) is 1.83. The van der Waals surface area contributed by atoms with Gasteiger partial charge in [0.25, 0.3) is 0 Å². The highest BCUT2D eigenvalue weighted by Gasteiger charge is 2.29. The van der Waals surface area contributed by atoms with Crippen molar-refractivity contribution in [1.29, 1.82) is 0 Å². The van der Waals surface area contributed by atoms with Crippen LogP contribution in [0.4, 0.5) is 0 Å². The van der Waals surface area contributed by atoms with Crippen LogP contribution in [0.25, 0.3) is 0 Å². The fraction of sp³-hybridized carbons (Fsp3) is 1.00. The molecule has 2 saturated heterocycles. The normalized spacial score (nSPS) is 40.8. The van der Waals surface area contributed by atoms with E-state index in [-0.39, 0.29) is 0 Å². The molecule has 58 valence electrons. The van der Waals surface area contributed by atoms with Crippen molar-refractivity contribution in [2.24, 2.45) is 5.92 Å². The first-order valence-corrected chi connectivity index (χ1v) is 4.28. The molecule has 0 bridgehead atoms. The van der Waals surface area contributed by atoms with Crippen LogP contribution in [0, 0.1) is 5.92 Å². The minimum Gasteiger partial charge on any atom is -0.381 e. The highest BCUT2D eigenvalue weighted by Crippen LogP contribution is 2.22. The van der Waals surface area contributed by atoms with Crippen LogP contribution < -0.4 is 5.32 Å². The quantitative estimate of drug-likeness (QED) is 0.538. The van der Waals surface area contributed by atoms with E-state index in [9.17, 15) is 0 Å². The summed E-state index contributed by atoms with van der Waals surface area (Å²) < 4.78 is 5.40. The van der Waals surface area contributed by atoms with Gasteiger partial charge in [-0.25, -0.2) is 0 Å². The summed E-state index contributed by atoms with van der Waals surface area (Å²) >= 11 is 0. The molecule has 2 fully saturated rings. The Morgan fingerprint density at radius 1 is 1.20 bits per heavy atom. The Balaban J connectivity index is 1.83. The molecule has 0 aliphatic carbocycles. The number of ether oxygens (including phenoxy) is 1. The lowest BCUT2D eigenvalue weighted by Crippen LogP contribution is -2.53. The maximum Gasteiger partial charge on any atom is 0.0469 e. The third-order valence-electron chi connectivity index (χ3n) is 2.65. The Morgan fingerprint density at radius 3 is 3.00 bits per heavy atom. The largest absolute Gasteiger partial charge is 0.381 e. The molecule has 0 aromatic rings. The van der Waals surface area contributed by atoms with Gasteiger partial charge in [0.05, 0.1) is 0 Å². The van der Waals surface area contributed by atoms with E-state index in [1.807, 2.05) is 0 Å². The second-order valence-corrected chi connectivity index (χ2v) is 3.32. The van der Waals surface area contributed by atoms with E-state index >= 15 is 0 Å². The van der Waals surface area contributed by atoms with Gasteiger partial charge in [0.1, 0.15) is 0 Å². The minimum atomic E-state index is 0.837. The summed E-state index contributed by atoms with van der Waals surface area (Å²) in [6, 6.07) is 0.837. The molecule has 1 N–H and O–H groups in total. The van der Waals surface area contributed by atoms with E-state index in [4.69, 9.17) is 4.74 Å². The molecule has 2 rings (SSSR count).